The molecule has 0 bridgehead atoms. The van der Waals surface area contributed by atoms with Gasteiger partial charge in [0.25, 0.3) is 0 Å². The van der Waals surface area contributed by atoms with Gasteiger partial charge in [-0.25, -0.2) is 4.98 Å². The number of anilines is 2. The highest BCUT2D eigenvalue weighted by molar-refractivity contribution is 5.62. The first-order valence-corrected chi connectivity index (χ1v) is 4.24. The van der Waals surface area contributed by atoms with Gasteiger partial charge in [-0.1, -0.05) is 6.08 Å². The molecular weight excluding hydrogens is 162 g/mol. The number of nitrogens with zero attached hydrogens (tertiary/aromatic N) is 1. The Balaban J connectivity index is 2.83. The van der Waals surface area contributed by atoms with Gasteiger partial charge in [0.05, 0.1) is 5.69 Å². The average Bonchev–Trinajstić information content (AvgIpc) is 2.09. The molecule has 3 heteroatoms. The van der Waals surface area contributed by atoms with E-state index in [1.807, 2.05) is 19.9 Å². The molecule has 0 fully saturated rings. The smallest absolute Gasteiger partial charge is 0.149 e. The highest BCUT2D eigenvalue weighted by Crippen LogP contribution is 2.16. The summed E-state index contributed by atoms with van der Waals surface area (Å²) < 4.78 is 0. The fourth-order valence-corrected chi connectivity index (χ4v) is 0.987. The van der Waals surface area contributed by atoms with E-state index in [1.54, 1.807) is 12.3 Å². The summed E-state index contributed by atoms with van der Waals surface area (Å²) in [5.41, 5.74) is 7.50. The van der Waals surface area contributed by atoms with Crippen LogP contribution in [0.15, 0.2) is 24.9 Å². The van der Waals surface area contributed by atoms with E-state index in [2.05, 4.69) is 16.9 Å². The molecule has 0 aromatic carbocycles. The molecule has 0 aliphatic rings. The van der Waals surface area contributed by atoms with Gasteiger partial charge in [0.2, 0.25) is 0 Å². The quantitative estimate of drug-likeness (QED) is 0.694. The molecule has 13 heavy (non-hydrogen) atoms. The zero-order valence-electron chi connectivity index (χ0n) is 8.04. The van der Waals surface area contributed by atoms with Crippen LogP contribution in [0.1, 0.15) is 12.5 Å². The molecule has 1 atom stereocenters. The fraction of sp³-hybridized carbons (Fsp3) is 0.300. The third-order valence-corrected chi connectivity index (χ3v) is 1.77. The van der Waals surface area contributed by atoms with Gasteiger partial charge in [-0.15, -0.1) is 6.58 Å². The maximum atomic E-state index is 5.77. The Kier molecular flexibility index (Phi) is 2.90. The van der Waals surface area contributed by atoms with Crippen LogP contribution < -0.4 is 11.1 Å². The number of aryl methyl sites for hydroxylation is 1. The standard InChI is InChI=1S/C10H15N3/c1-4-8(3)13-10-9(11)5-7(2)6-12-10/h4-6,8H,1,11H2,2-3H3,(H,12,13). The molecule has 3 N–H and O–H groups in total. The van der Waals surface area contributed by atoms with Crippen LogP contribution in [0.4, 0.5) is 11.5 Å². The van der Waals surface area contributed by atoms with Crippen LogP contribution in [0.3, 0.4) is 0 Å². The Labute approximate surface area is 78.7 Å². The van der Waals surface area contributed by atoms with Crippen LogP contribution in [0, 0.1) is 6.92 Å². The lowest BCUT2D eigenvalue weighted by Crippen LogP contribution is -2.14. The highest BCUT2D eigenvalue weighted by Gasteiger charge is 2.02. The second-order valence-electron chi connectivity index (χ2n) is 3.12. The molecule has 0 aliphatic carbocycles. The van der Waals surface area contributed by atoms with Crippen molar-refractivity contribution in [2.45, 2.75) is 19.9 Å². The Morgan fingerprint density at radius 1 is 1.69 bits per heavy atom. The highest BCUT2D eigenvalue weighted by atomic mass is 15.0. The van der Waals surface area contributed by atoms with Crippen molar-refractivity contribution < 1.29 is 0 Å². The van der Waals surface area contributed by atoms with Crippen molar-refractivity contribution in [1.29, 1.82) is 0 Å². The number of nitrogens with two attached hydrogens (primary N) is 1. The predicted octanol–water partition coefficient (Wildman–Crippen LogP) is 1.96. The van der Waals surface area contributed by atoms with Gasteiger partial charge >= 0.3 is 0 Å². The fourth-order valence-electron chi connectivity index (χ4n) is 0.987. The number of pyridine rings is 1. The zero-order valence-corrected chi connectivity index (χ0v) is 8.04. The SMILES string of the molecule is C=CC(C)Nc1ncc(C)cc1N. The van der Waals surface area contributed by atoms with Crippen LogP contribution in [0.5, 0.6) is 0 Å². The molecule has 0 radical (unpaired) electrons. The third kappa shape index (κ3) is 2.47. The summed E-state index contributed by atoms with van der Waals surface area (Å²) in [6.07, 6.45) is 3.59. The van der Waals surface area contributed by atoms with Crippen molar-refractivity contribution in [3.05, 3.63) is 30.5 Å². The van der Waals surface area contributed by atoms with E-state index >= 15 is 0 Å². The summed E-state index contributed by atoms with van der Waals surface area (Å²) in [7, 11) is 0. The Hall–Kier alpha value is -1.51. The first kappa shape index (κ1) is 9.58. The van der Waals surface area contributed by atoms with Crippen molar-refractivity contribution in [2.75, 3.05) is 11.1 Å². The van der Waals surface area contributed by atoms with Crippen LogP contribution in [-0.2, 0) is 0 Å². The molecule has 0 saturated heterocycles. The molecule has 1 rings (SSSR count). The van der Waals surface area contributed by atoms with Crippen molar-refractivity contribution in [3.63, 3.8) is 0 Å². The van der Waals surface area contributed by atoms with Gasteiger partial charge in [-0.2, -0.15) is 0 Å². The lowest BCUT2D eigenvalue weighted by Gasteiger charge is -2.11. The van der Waals surface area contributed by atoms with Gasteiger partial charge in [0.15, 0.2) is 0 Å². The summed E-state index contributed by atoms with van der Waals surface area (Å²) in [5, 5.41) is 3.13. The van der Waals surface area contributed by atoms with Gasteiger partial charge in [0, 0.05) is 12.2 Å². The summed E-state index contributed by atoms with van der Waals surface area (Å²) in [6.45, 7) is 7.63. The molecule has 1 aromatic heterocycles. The van der Waals surface area contributed by atoms with E-state index < -0.39 is 0 Å². The molecule has 3 nitrogen and oxygen atoms in total. The summed E-state index contributed by atoms with van der Waals surface area (Å²) >= 11 is 0. The first-order chi connectivity index (χ1) is 6.13. The Morgan fingerprint density at radius 3 is 2.92 bits per heavy atom. The van der Waals surface area contributed by atoms with Crippen LogP contribution in [0.25, 0.3) is 0 Å². The Morgan fingerprint density at radius 2 is 2.38 bits per heavy atom. The lowest BCUT2D eigenvalue weighted by molar-refractivity contribution is 0.984. The average molecular weight is 177 g/mol. The van der Waals surface area contributed by atoms with E-state index in [1.165, 1.54) is 0 Å². The van der Waals surface area contributed by atoms with Gasteiger partial charge in [0.1, 0.15) is 5.82 Å². The van der Waals surface area contributed by atoms with Crippen LogP contribution in [0.2, 0.25) is 0 Å². The molecule has 0 amide bonds. The van der Waals surface area contributed by atoms with Gasteiger partial charge in [-0.05, 0) is 25.5 Å². The van der Waals surface area contributed by atoms with Crippen molar-refractivity contribution in [2.24, 2.45) is 0 Å². The van der Waals surface area contributed by atoms with Crippen LogP contribution >= 0.6 is 0 Å². The maximum Gasteiger partial charge on any atom is 0.149 e. The molecular formula is C10H15N3. The Bertz CT molecular complexity index is 307. The molecule has 70 valence electrons. The van der Waals surface area contributed by atoms with Crippen molar-refractivity contribution in [1.82, 2.24) is 4.98 Å². The first-order valence-electron chi connectivity index (χ1n) is 4.24. The number of rotatable bonds is 3. The molecule has 0 saturated carbocycles. The van der Waals surface area contributed by atoms with E-state index in [4.69, 9.17) is 5.73 Å². The topological polar surface area (TPSA) is 50.9 Å². The maximum absolute atomic E-state index is 5.77. The normalized spacial score (nSPS) is 12.2. The monoisotopic (exact) mass is 177 g/mol. The number of nitrogen functional groups attached to an aromatic ring is 1. The van der Waals surface area contributed by atoms with E-state index in [9.17, 15) is 0 Å². The number of nitrogens with one attached hydrogen (secondary N) is 1. The molecule has 1 aromatic rings. The zero-order chi connectivity index (χ0) is 9.84. The summed E-state index contributed by atoms with van der Waals surface area (Å²) in [6, 6.07) is 2.07. The minimum absolute atomic E-state index is 0.178. The second kappa shape index (κ2) is 3.94. The van der Waals surface area contributed by atoms with E-state index in [0.29, 0.717) is 5.69 Å². The molecule has 1 heterocycles. The molecule has 0 aliphatic heterocycles. The van der Waals surface area contributed by atoms with E-state index in [0.717, 1.165) is 11.4 Å². The number of aromatic nitrogens is 1. The lowest BCUT2D eigenvalue weighted by atomic mass is 10.2. The minimum atomic E-state index is 0.178. The number of hydrogen-bond acceptors (Lipinski definition) is 3. The molecule has 0 spiro atoms. The van der Waals surface area contributed by atoms with Gasteiger partial charge in [-0.3, -0.25) is 0 Å². The van der Waals surface area contributed by atoms with Gasteiger partial charge < -0.3 is 11.1 Å². The van der Waals surface area contributed by atoms with Crippen LogP contribution in [-0.4, -0.2) is 11.0 Å². The van der Waals surface area contributed by atoms with Crippen molar-refractivity contribution in [3.8, 4) is 0 Å². The summed E-state index contributed by atoms with van der Waals surface area (Å²) in [4.78, 5) is 4.18. The largest absolute Gasteiger partial charge is 0.396 e. The minimum Gasteiger partial charge on any atom is -0.396 e. The second-order valence-corrected chi connectivity index (χ2v) is 3.12. The third-order valence-electron chi connectivity index (χ3n) is 1.77. The number of hydrogen-bond donors (Lipinski definition) is 2. The predicted molar refractivity (Wildman–Crippen MR) is 56.7 cm³/mol. The summed E-state index contributed by atoms with van der Waals surface area (Å²) in [5.74, 6) is 0.720. The van der Waals surface area contributed by atoms with Crippen molar-refractivity contribution >= 4 is 11.5 Å². The molecule has 1 unspecified atom stereocenters. The van der Waals surface area contributed by atoms with E-state index in [-0.39, 0.29) is 6.04 Å².